The highest BCUT2D eigenvalue weighted by Gasteiger charge is 2.25. The normalized spacial score (nSPS) is 22.0. The number of hydrogen-bond donors (Lipinski definition) is 2. The molecule has 0 aromatic heterocycles. The SMILES string of the molecule is OCC(Nc1ccc(F)cc1)C1CCCO1. The van der Waals surface area contributed by atoms with Crippen LogP contribution in [0.3, 0.4) is 0 Å². The Labute approximate surface area is 94.2 Å². The van der Waals surface area contributed by atoms with E-state index in [1.807, 2.05) is 0 Å². The van der Waals surface area contributed by atoms with Gasteiger partial charge < -0.3 is 15.2 Å². The van der Waals surface area contributed by atoms with Crippen molar-refractivity contribution in [3.63, 3.8) is 0 Å². The van der Waals surface area contributed by atoms with Gasteiger partial charge in [-0.2, -0.15) is 0 Å². The molecule has 0 radical (unpaired) electrons. The summed E-state index contributed by atoms with van der Waals surface area (Å²) in [4.78, 5) is 0. The number of rotatable bonds is 4. The summed E-state index contributed by atoms with van der Waals surface area (Å²) in [6.45, 7) is 0.772. The van der Waals surface area contributed by atoms with Crippen molar-refractivity contribution in [2.24, 2.45) is 0 Å². The molecule has 1 heterocycles. The molecule has 1 aromatic rings. The van der Waals surface area contributed by atoms with Gasteiger partial charge in [-0.05, 0) is 37.1 Å². The molecule has 0 spiro atoms. The summed E-state index contributed by atoms with van der Waals surface area (Å²) in [5, 5.41) is 12.4. The van der Waals surface area contributed by atoms with E-state index >= 15 is 0 Å². The molecule has 1 saturated heterocycles. The highest BCUT2D eigenvalue weighted by atomic mass is 19.1. The number of ether oxygens (including phenoxy) is 1. The van der Waals surface area contributed by atoms with Gasteiger partial charge in [-0.25, -0.2) is 4.39 Å². The number of halogens is 1. The van der Waals surface area contributed by atoms with Gasteiger partial charge in [0, 0.05) is 12.3 Å². The Morgan fingerprint density at radius 1 is 1.44 bits per heavy atom. The van der Waals surface area contributed by atoms with E-state index in [1.54, 1.807) is 12.1 Å². The second-order valence-corrected chi connectivity index (χ2v) is 3.99. The van der Waals surface area contributed by atoms with Gasteiger partial charge in [-0.1, -0.05) is 0 Å². The number of aliphatic hydroxyl groups is 1. The first-order chi connectivity index (χ1) is 7.79. The third kappa shape index (κ3) is 2.71. The van der Waals surface area contributed by atoms with Crippen LogP contribution in [0.15, 0.2) is 24.3 Å². The van der Waals surface area contributed by atoms with Gasteiger partial charge >= 0.3 is 0 Å². The molecular weight excluding hydrogens is 209 g/mol. The molecule has 1 aliphatic rings. The maximum Gasteiger partial charge on any atom is 0.123 e. The van der Waals surface area contributed by atoms with Crippen LogP contribution in [0, 0.1) is 5.82 Å². The standard InChI is InChI=1S/C12H16FNO2/c13-9-3-5-10(6-4-9)14-11(8-15)12-2-1-7-16-12/h3-6,11-12,14-15H,1-2,7-8H2. The second kappa shape index (κ2) is 5.27. The van der Waals surface area contributed by atoms with E-state index in [0.717, 1.165) is 25.1 Å². The number of aliphatic hydroxyl groups excluding tert-OH is 1. The minimum absolute atomic E-state index is 0.0159. The Hall–Kier alpha value is -1.13. The Balaban J connectivity index is 1.97. The molecular formula is C12H16FNO2. The molecule has 0 aliphatic carbocycles. The molecule has 4 heteroatoms. The Morgan fingerprint density at radius 3 is 2.75 bits per heavy atom. The van der Waals surface area contributed by atoms with Gasteiger partial charge in [-0.15, -0.1) is 0 Å². The maximum atomic E-state index is 12.7. The third-order valence-corrected chi connectivity index (χ3v) is 2.81. The van der Waals surface area contributed by atoms with Crippen molar-refractivity contribution in [2.45, 2.75) is 25.0 Å². The molecule has 16 heavy (non-hydrogen) atoms. The summed E-state index contributed by atoms with van der Waals surface area (Å²) in [5.41, 5.74) is 0.802. The van der Waals surface area contributed by atoms with Crippen LogP contribution >= 0.6 is 0 Å². The second-order valence-electron chi connectivity index (χ2n) is 3.99. The van der Waals surface area contributed by atoms with E-state index in [1.165, 1.54) is 12.1 Å². The van der Waals surface area contributed by atoms with E-state index in [-0.39, 0.29) is 24.6 Å². The van der Waals surface area contributed by atoms with Crippen LogP contribution in [0.1, 0.15) is 12.8 Å². The lowest BCUT2D eigenvalue weighted by atomic mass is 10.1. The fraction of sp³-hybridized carbons (Fsp3) is 0.500. The fourth-order valence-corrected chi connectivity index (χ4v) is 1.94. The van der Waals surface area contributed by atoms with E-state index in [4.69, 9.17) is 4.74 Å². The number of benzene rings is 1. The predicted molar refractivity (Wildman–Crippen MR) is 59.9 cm³/mol. The molecule has 0 amide bonds. The van der Waals surface area contributed by atoms with Crippen LogP contribution in [-0.4, -0.2) is 30.5 Å². The van der Waals surface area contributed by atoms with E-state index < -0.39 is 0 Å². The summed E-state index contributed by atoms with van der Waals surface area (Å²) in [5.74, 6) is -0.261. The molecule has 1 aromatic carbocycles. The summed E-state index contributed by atoms with van der Waals surface area (Å²) < 4.78 is 18.2. The molecule has 88 valence electrons. The minimum atomic E-state index is -0.261. The van der Waals surface area contributed by atoms with Crippen LogP contribution in [0.5, 0.6) is 0 Å². The smallest absolute Gasteiger partial charge is 0.123 e. The molecule has 1 aliphatic heterocycles. The number of anilines is 1. The van der Waals surface area contributed by atoms with Gasteiger partial charge in [0.25, 0.3) is 0 Å². The molecule has 0 saturated carbocycles. The monoisotopic (exact) mass is 225 g/mol. The molecule has 2 rings (SSSR count). The summed E-state index contributed by atoms with van der Waals surface area (Å²) in [7, 11) is 0. The zero-order chi connectivity index (χ0) is 11.4. The Morgan fingerprint density at radius 2 is 2.19 bits per heavy atom. The van der Waals surface area contributed by atoms with Crippen LogP contribution in [0.25, 0.3) is 0 Å². The van der Waals surface area contributed by atoms with Crippen molar-refractivity contribution in [1.29, 1.82) is 0 Å². The average Bonchev–Trinajstić information content (AvgIpc) is 2.82. The molecule has 2 N–H and O–H groups in total. The average molecular weight is 225 g/mol. The lowest BCUT2D eigenvalue weighted by Crippen LogP contribution is -2.36. The largest absolute Gasteiger partial charge is 0.394 e. The van der Waals surface area contributed by atoms with Crippen molar-refractivity contribution in [2.75, 3.05) is 18.5 Å². The third-order valence-electron chi connectivity index (χ3n) is 2.81. The first-order valence-electron chi connectivity index (χ1n) is 5.54. The van der Waals surface area contributed by atoms with Gasteiger partial charge in [0.05, 0.1) is 18.8 Å². The summed E-state index contributed by atoms with van der Waals surface area (Å²) in [6, 6.07) is 5.99. The molecule has 2 atom stereocenters. The highest BCUT2D eigenvalue weighted by molar-refractivity contribution is 5.44. The van der Waals surface area contributed by atoms with Crippen LogP contribution in [0.2, 0.25) is 0 Å². The maximum absolute atomic E-state index is 12.7. The predicted octanol–water partition coefficient (Wildman–Crippen LogP) is 1.78. The molecule has 1 fully saturated rings. The van der Waals surface area contributed by atoms with Gasteiger partial charge in [-0.3, -0.25) is 0 Å². The van der Waals surface area contributed by atoms with E-state index in [2.05, 4.69) is 5.32 Å². The Bertz CT molecular complexity index is 322. The van der Waals surface area contributed by atoms with Gasteiger partial charge in [0.2, 0.25) is 0 Å². The van der Waals surface area contributed by atoms with Crippen molar-refractivity contribution in [1.82, 2.24) is 0 Å². The molecule has 2 unspecified atom stereocenters. The minimum Gasteiger partial charge on any atom is -0.394 e. The molecule has 3 nitrogen and oxygen atoms in total. The van der Waals surface area contributed by atoms with Crippen molar-refractivity contribution >= 4 is 5.69 Å². The topological polar surface area (TPSA) is 41.5 Å². The van der Waals surface area contributed by atoms with Crippen molar-refractivity contribution in [3.8, 4) is 0 Å². The van der Waals surface area contributed by atoms with Crippen molar-refractivity contribution < 1.29 is 14.2 Å². The zero-order valence-electron chi connectivity index (χ0n) is 9.03. The summed E-state index contributed by atoms with van der Waals surface area (Å²) in [6.07, 6.45) is 2.04. The van der Waals surface area contributed by atoms with Crippen LogP contribution < -0.4 is 5.32 Å². The fourth-order valence-electron chi connectivity index (χ4n) is 1.94. The van der Waals surface area contributed by atoms with Crippen LogP contribution in [0.4, 0.5) is 10.1 Å². The van der Waals surface area contributed by atoms with Crippen LogP contribution in [-0.2, 0) is 4.74 Å². The Kier molecular flexibility index (Phi) is 3.74. The lowest BCUT2D eigenvalue weighted by Gasteiger charge is -2.23. The highest BCUT2D eigenvalue weighted by Crippen LogP contribution is 2.19. The summed E-state index contributed by atoms with van der Waals surface area (Å²) >= 11 is 0. The van der Waals surface area contributed by atoms with Crippen molar-refractivity contribution in [3.05, 3.63) is 30.1 Å². The first-order valence-corrected chi connectivity index (χ1v) is 5.54. The number of hydrogen-bond acceptors (Lipinski definition) is 3. The first kappa shape index (κ1) is 11.4. The zero-order valence-corrected chi connectivity index (χ0v) is 9.03. The van der Waals surface area contributed by atoms with Gasteiger partial charge in [0.15, 0.2) is 0 Å². The van der Waals surface area contributed by atoms with Gasteiger partial charge in [0.1, 0.15) is 5.82 Å². The number of nitrogens with one attached hydrogen (secondary N) is 1. The van der Waals surface area contributed by atoms with E-state index in [9.17, 15) is 9.50 Å². The lowest BCUT2D eigenvalue weighted by molar-refractivity contribution is 0.0758. The quantitative estimate of drug-likeness (QED) is 0.820. The van der Waals surface area contributed by atoms with E-state index in [0.29, 0.717) is 0 Å². The molecule has 0 bridgehead atoms.